The van der Waals surface area contributed by atoms with Crippen LogP contribution in [0.2, 0.25) is 0 Å². The van der Waals surface area contributed by atoms with E-state index < -0.39 is 0 Å². The predicted molar refractivity (Wildman–Crippen MR) is 85.9 cm³/mol. The molecule has 0 aromatic rings. The van der Waals surface area contributed by atoms with Gasteiger partial charge in [-0.3, -0.25) is 0 Å². The van der Waals surface area contributed by atoms with Gasteiger partial charge in [-0.2, -0.15) is 0 Å². The highest BCUT2D eigenvalue weighted by atomic mass is 32.2. The van der Waals surface area contributed by atoms with Gasteiger partial charge in [-0.25, -0.2) is 0 Å². The minimum absolute atomic E-state index is 0.0730. The van der Waals surface area contributed by atoms with Gasteiger partial charge in [0.25, 0.3) is 0 Å². The van der Waals surface area contributed by atoms with Gasteiger partial charge in [0.2, 0.25) is 0 Å². The molecule has 2 rings (SSSR count). The molecule has 0 N–H and O–H groups in total. The first kappa shape index (κ1) is 15.7. The van der Waals surface area contributed by atoms with E-state index >= 15 is 0 Å². The van der Waals surface area contributed by atoms with Gasteiger partial charge in [-0.1, -0.05) is 6.08 Å². The van der Waals surface area contributed by atoms with Crippen LogP contribution < -0.4 is 0 Å². The van der Waals surface area contributed by atoms with Crippen LogP contribution in [0.5, 0.6) is 0 Å². The van der Waals surface area contributed by atoms with Gasteiger partial charge in [0.15, 0.2) is 6.29 Å². The van der Waals surface area contributed by atoms with Crippen molar-refractivity contribution in [3.8, 4) is 0 Å². The van der Waals surface area contributed by atoms with Crippen LogP contribution in [-0.2, 0) is 9.47 Å². The second kappa shape index (κ2) is 8.60. The molecule has 0 saturated carbocycles. The molecule has 0 aromatic carbocycles. The van der Waals surface area contributed by atoms with Crippen LogP contribution in [0.1, 0.15) is 44.9 Å². The highest BCUT2D eigenvalue weighted by Crippen LogP contribution is 2.49. The van der Waals surface area contributed by atoms with Crippen molar-refractivity contribution < 1.29 is 9.47 Å². The van der Waals surface area contributed by atoms with Crippen molar-refractivity contribution in [1.29, 1.82) is 0 Å². The molecule has 2 fully saturated rings. The van der Waals surface area contributed by atoms with E-state index in [4.69, 9.17) is 9.47 Å². The Labute approximate surface area is 126 Å². The van der Waals surface area contributed by atoms with Gasteiger partial charge in [0, 0.05) is 0 Å². The molecule has 0 radical (unpaired) electrons. The zero-order chi connectivity index (χ0) is 13.4. The Morgan fingerprint density at radius 1 is 1.11 bits per heavy atom. The lowest BCUT2D eigenvalue weighted by atomic mass is 10.1. The van der Waals surface area contributed by atoms with Crippen LogP contribution in [-0.4, -0.2) is 35.1 Å². The van der Waals surface area contributed by atoms with Crippen LogP contribution in [0.4, 0.5) is 0 Å². The number of hydrogen-bond donors (Lipinski definition) is 0. The molecule has 0 aromatic heterocycles. The Morgan fingerprint density at radius 2 is 1.79 bits per heavy atom. The topological polar surface area (TPSA) is 18.5 Å². The number of rotatable bonds is 8. The van der Waals surface area contributed by atoms with Gasteiger partial charge in [-0.15, -0.1) is 30.1 Å². The Balaban J connectivity index is 1.73. The standard InChI is InChI=1S/C15H26O2S2/c1-2-3-4-8-15(18-12-6-13-19-15)9-5-7-14-16-10-11-17-14/h2,14H,1,3-13H2. The van der Waals surface area contributed by atoms with E-state index in [2.05, 4.69) is 30.1 Å². The fourth-order valence-electron chi connectivity index (χ4n) is 2.66. The summed E-state index contributed by atoms with van der Waals surface area (Å²) in [4.78, 5) is 0. The first-order valence-electron chi connectivity index (χ1n) is 7.47. The molecule has 110 valence electrons. The van der Waals surface area contributed by atoms with Gasteiger partial charge < -0.3 is 9.47 Å². The zero-order valence-corrected chi connectivity index (χ0v) is 13.4. The molecule has 0 atom stereocenters. The molecule has 2 aliphatic heterocycles. The minimum atomic E-state index is 0.0730. The maximum Gasteiger partial charge on any atom is 0.157 e. The smallest absolute Gasteiger partial charge is 0.157 e. The van der Waals surface area contributed by atoms with Crippen LogP contribution in [0.25, 0.3) is 0 Å². The van der Waals surface area contributed by atoms with Crippen LogP contribution >= 0.6 is 23.5 Å². The van der Waals surface area contributed by atoms with Crippen molar-refractivity contribution in [2.24, 2.45) is 0 Å². The molecule has 2 saturated heterocycles. The summed E-state index contributed by atoms with van der Waals surface area (Å²) in [5.41, 5.74) is 0. The molecular weight excluding hydrogens is 276 g/mol. The molecular formula is C15H26O2S2. The van der Waals surface area contributed by atoms with E-state index in [1.807, 2.05) is 6.08 Å². The third-order valence-corrected chi connectivity index (χ3v) is 7.23. The van der Waals surface area contributed by atoms with Crippen molar-refractivity contribution in [2.45, 2.75) is 55.3 Å². The van der Waals surface area contributed by atoms with Crippen LogP contribution in [0, 0.1) is 0 Å². The number of hydrogen-bond acceptors (Lipinski definition) is 4. The summed E-state index contributed by atoms with van der Waals surface area (Å²) in [7, 11) is 0. The molecule has 0 spiro atoms. The Morgan fingerprint density at radius 3 is 2.47 bits per heavy atom. The van der Waals surface area contributed by atoms with E-state index in [1.165, 1.54) is 43.6 Å². The molecule has 0 amide bonds. The monoisotopic (exact) mass is 302 g/mol. The first-order chi connectivity index (χ1) is 9.35. The van der Waals surface area contributed by atoms with Crippen LogP contribution in [0.15, 0.2) is 12.7 Å². The number of ether oxygens (including phenoxy) is 2. The fraction of sp³-hybridized carbons (Fsp3) is 0.867. The first-order valence-corrected chi connectivity index (χ1v) is 9.44. The molecule has 0 bridgehead atoms. The van der Waals surface area contributed by atoms with E-state index in [9.17, 15) is 0 Å². The number of thioether (sulfide) groups is 2. The molecule has 2 heterocycles. The summed E-state index contributed by atoms with van der Waals surface area (Å²) in [6.07, 6.45) is 10.8. The lowest BCUT2D eigenvalue weighted by molar-refractivity contribution is -0.0480. The highest BCUT2D eigenvalue weighted by molar-refractivity contribution is 8.18. The lowest BCUT2D eigenvalue weighted by Crippen LogP contribution is -2.25. The van der Waals surface area contributed by atoms with Crippen molar-refractivity contribution in [3.05, 3.63) is 12.7 Å². The third-order valence-electron chi connectivity index (χ3n) is 3.67. The second-order valence-corrected chi connectivity index (χ2v) is 8.42. The van der Waals surface area contributed by atoms with E-state index in [0.29, 0.717) is 4.08 Å². The largest absolute Gasteiger partial charge is 0.350 e. The van der Waals surface area contributed by atoms with Crippen molar-refractivity contribution >= 4 is 23.5 Å². The van der Waals surface area contributed by atoms with Crippen molar-refractivity contribution in [2.75, 3.05) is 24.7 Å². The van der Waals surface area contributed by atoms with Gasteiger partial charge >= 0.3 is 0 Å². The van der Waals surface area contributed by atoms with Crippen molar-refractivity contribution in [1.82, 2.24) is 0 Å². The Kier molecular flexibility index (Phi) is 7.13. The maximum atomic E-state index is 5.52. The summed E-state index contributed by atoms with van der Waals surface area (Å²) >= 11 is 4.38. The third kappa shape index (κ3) is 5.33. The maximum absolute atomic E-state index is 5.52. The highest BCUT2D eigenvalue weighted by Gasteiger charge is 2.33. The average molecular weight is 303 g/mol. The summed E-state index contributed by atoms with van der Waals surface area (Å²) in [5, 5.41) is 0. The van der Waals surface area contributed by atoms with E-state index in [1.54, 1.807) is 0 Å². The van der Waals surface area contributed by atoms with Crippen molar-refractivity contribution in [3.63, 3.8) is 0 Å². The summed E-state index contributed by atoms with van der Waals surface area (Å²) < 4.78 is 11.5. The molecule has 2 aliphatic rings. The Bertz CT molecular complexity index is 259. The van der Waals surface area contributed by atoms with Crippen LogP contribution in [0.3, 0.4) is 0 Å². The van der Waals surface area contributed by atoms with Gasteiger partial charge in [0.1, 0.15) is 0 Å². The van der Waals surface area contributed by atoms with E-state index in [-0.39, 0.29) is 6.29 Å². The predicted octanol–water partition coefficient (Wildman–Crippen LogP) is 4.45. The normalized spacial score (nSPS) is 23.6. The molecule has 19 heavy (non-hydrogen) atoms. The van der Waals surface area contributed by atoms with Gasteiger partial charge in [-0.05, 0) is 56.5 Å². The molecule has 4 heteroatoms. The summed E-state index contributed by atoms with van der Waals surface area (Å²) in [6.45, 7) is 5.39. The summed E-state index contributed by atoms with van der Waals surface area (Å²) in [5.74, 6) is 2.66. The quantitative estimate of drug-likeness (QED) is 0.487. The Hall–Kier alpha value is 0.360. The molecule has 2 nitrogen and oxygen atoms in total. The second-order valence-electron chi connectivity index (χ2n) is 5.21. The number of allylic oxidation sites excluding steroid dienone is 1. The summed E-state index contributed by atoms with van der Waals surface area (Å²) in [6, 6.07) is 0. The SMILES string of the molecule is C=CCCCC1(CCCC2OCCO2)SCCCS1. The molecule has 0 unspecified atom stereocenters. The lowest BCUT2D eigenvalue weighted by Gasteiger charge is -2.36. The minimum Gasteiger partial charge on any atom is -0.350 e. The zero-order valence-electron chi connectivity index (χ0n) is 11.8. The average Bonchev–Trinajstić information content (AvgIpc) is 2.93. The number of unbranched alkanes of at least 4 members (excludes halogenated alkanes) is 1. The van der Waals surface area contributed by atoms with Gasteiger partial charge in [0.05, 0.1) is 17.3 Å². The molecule has 0 aliphatic carbocycles. The van der Waals surface area contributed by atoms with E-state index in [0.717, 1.165) is 26.1 Å². The fourth-order valence-corrected chi connectivity index (χ4v) is 6.15.